The third-order valence-electron chi connectivity index (χ3n) is 4.09. The molecule has 4 heteroatoms. The molecule has 2 rings (SSSR count). The Balaban J connectivity index is 1.87. The molecule has 1 aromatic rings. The van der Waals surface area contributed by atoms with Gasteiger partial charge in [-0.3, -0.25) is 0 Å². The predicted octanol–water partition coefficient (Wildman–Crippen LogP) is 3.12. The molecule has 0 radical (unpaired) electrons. The van der Waals surface area contributed by atoms with Crippen molar-refractivity contribution in [3.05, 3.63) is 23.7 Å². The minimum absolute atomic E-state index is 0.311. The maximum atomic E-state index is 11.5. The van der Waals surface area contributed by atoms with E-state index in [1.54, 1.807) is 0 Å². The number of furan rings is 1. The van der Waals surface area contributed by atoms with E-state index in [0.717, 1.165) is 11.5 Å². The summed E-state index contributed by atoms with van der Waals surface area (Å²) < 4.78 is 9.88. The van der Waals surface area contributed by atoms with Crippen molar-refractivity contribution in [1.29, 1.82) is 0 Å². The van der Waals surface area contributed by atoms with E-state index in [4.69, 9.17) is 9.15 Å². The van der Waals surface area contributed by atoms with E-state index < -0.39 is 5.97 Å². The highest BCUT2D eigenvalue weighted by molar-refractivity contribution is 5.87. The molecule has 1 saturated carbocycles. The lowest BCUT2D eigenvalue weighted by atomic mass is 9.84. The number of methoxy groups -OCH3 is 1. The van der Waals surface area contributed by atoms with Crippen molar-refractivity contribution in [1.82, 2.24) is 5.32 Å². The summed E-state index contributed by atoms with van der Waals surface area (Å²) >= 11 is 0. The summed E-state index contributed by atoms with van der Waals surface area (Å²) in [5.41, 5.74) is 0.870. The fourth-order valence-corrected chi connectivity index (χ4v) is 2.82. The summed E-state index contributed by atoms with van der Waals surface area (Å²) in [6.45, 7) is 2.88. The molecule has 19 heavy (non-hydrogen) atoms. The van der Waals surface area contributed by atoms with E-state index in [1.807, 2.05) is 6.07 Å². The normalized spacial score (nSPS) is 18.2. The van der Waals surface area contributed by atoms with Crippen molar-refractivity contribution < 1.29 is 13.9 Å². The lowest BCUT2D eigenvalue weighted by Crippen LogP contribution is -2.34. The van der Waals surface area contributed by atoms with Gasteiger partial charge in [0.05, 0.1) is 13.4 Å². The number of carbonyl (C=O) groups excluding carboxylic acids is 1. The van der Waals surface area contributed by atoms with Crippen LogP contribution in [0.4, 0.5) is 0 Å². The fourth-order valence-electron chi connectivity index (χ4n) is 2.82. The first kappa shape index (κ1) is 14.1. The Morgan fingerprint density at radius 1 is 1.47 bits per heavy atom. The topological polar surface area (TPSA) is 51.5 Å². The van der Waals surface area contributed by atoms with Crippen LogP contribution < -0.4 is 5.32 Å². The number of hydrogen-bond donors (Lipinski definition) is 1. The summed E-state index contributed by atoms with van der Waals surface area (Å²) in [6.07, 6.45) is 8.21. The quantitative estimate of drug-likeness (QED) is 0.831. The molecular weight excluding hydrogens is 242 g/mol. The third-order valence-corrected chi connectivity index (χ3v) is 4.09. The van der Waals surface area contributed by atoms with Crippen molar-refractivity contribution >= 4 is 5.97 Å². The molecule has 1 aliphatic rings. The summed E-state index contributed by atoms with van der Waals surface area (Å²) in [6, 6.07) is 2.30. The summed E-state index contributed by atoms with van der Waals surface area (Å²) in [7, 11) is 1.37. The lowest BCUT2D eigenvalue weighted by Gasteiger charge is -2.28. The van der Waals surface area contributed by atoms with E-state index in [-0.39, 0.29) is 0 Å². The zero-order chi connectivity index (χ0) is 13.7. The van der Waals surface area contributed by atoms with Crippen molar-refractivity contribution in [2.45, 2.75) is 51.6 Å². The highest BCUT2D eigenvalue weighted by Gasteiger charge is 2.21. The zero-order valence-corrected chi connectivity index (χ0v) is 11.8. The maximum Gasteiger partial charge on any atom is 0.374 e. The van der Waals surface area contributed by atoms with Crippen molar-refractivity contribution in [2.24, 2.45) is 5.92 Å². The fraction of sp³-hybridized carbons (Fsp3) is 0.667. The van der Waals surface area contributed by atoms with Crippen LogP contribution in [0.25, 0.3) is 0 Å². The van der Waals surface area contributed by atoms with Crippen LogP contribution in [0.5, 0.6) is 0 Å². The molecule has 1 heterocycles. The van der Waals surface area contributed by atoms with E-state index in [0.29, 0.717) is 18.3 Å². The SMILES string of the molecule is COC(=O)c1occc1CNC(C)C1CCCCC1. The minimum atomic E-state index is -0.410. The highest BCUT2D eigenvalue weighted by Crippen LogP contribution is 2.26. The summed E-state index contributed by atoms with van der Waals surface area (Å²) in [5, 5.41) is 3.51. The van der Waals surface area contributed by atoms with Crippen LogP contribution in [0.15, 0.2) is 16.7 Å². The number of ether oxygens (including phenoxy) is 1. The van der Waals surface area contributed by atoms with Gasteiger partial charge in [0, 0.05) is 18.2 Å². The molecule has 1 N–H and O–H groups in total. The molecule has 1 unspecified atom stereocenters. The van der Waals surface area contributed by atoms with Gasteiger partial charge in [-0.15, -0.1) is 0 Å². The Labute approximate surface area is 114 Å². The Hall–Kier alpha value is -1.29. The third kappa shape index (κ3) is 3.60. The van der Waals surface area contributed by atoms with Crippen molar-refractivity contribution in [3.63, 3.8) is 0 Å². The first-order chi connectivity index (χ1) is 9.22. The number of carbonyl (C=O) groups is 1. The molecule has 0 amide bonds. The number of hydrogen-bond acceptors (Lipinski definition) is 4. The minimum Gasteiger partial charge on any atom is -0.463 e. The van der Waals surface area contributed by atoms with Crippen LogP contribution in [0, 0.1) is 5.92 Å². The van der Waals surface area contributed by atoms with Gasteiger partial charge >= 0.3 is 5.97 Å². The maximum absolute atomic E-state index is 11.5. The van der Waals surface area contributed by atoms with Gasteiger partial charge in [-0.2, -0.15) is 0 Å². The van der Waals surface area contributed by atoms with Crippen LogP contribution in [0.2, 0.25) is 0 Å². The standard InChI is InChI=1S/C15H23NO3/c1-11(12-6-4-3-5-7-12)16-10-13-8-9-19-14(13)15(17)18-2/h8-9,11-12,16H,3-7,10H2,1-2H3. The van der Waals surface area contributed by atoms with E-state index >= 15 is 0 Å². The second kappa shape index (κ2) is 6.75. The Morgan fingerprint density at radius 2 is 2.21 bits per heavy atom. The zero-order valence-electron chi connectivity index (χ0n) is 11.8. The molecule has 1 aliphatic carbocycles. The highest BCUT2D eigenvalue weighted by atomic mass is 16.5. The molecule has 1 fully saturated rings. The molecule has 4 nitrogen and oxygen atoms in total. The molecule has 0 saturated heterocycles. The van der Waals surface area contributed by atoms with Gasteiger partial charge in [0.15, 0.2) is 0 Å². The molecule has 0 bridgehead atoms. The summed E-state index contributed by atoms with van der Waals surface area (Å²) in [5.74, 6) is 0.653. The number of nitrogens with one attached hydrogen (secondary N) is 1. The monoisotopic (exact) mass is 265 g/mol. The molecule has 1 aromatic heterocycles. The average Bonchev–Trinajstić information content (AvgIpc) is 2.93. The molecule has 1 atom stereocenters. The molecule has 0 aliphatic heterocycles. The van der Waals surface area contributed by atoms with Crippen LogP contribution in [-0.2, 0) is 11.3 Å². The van der Waals surface area contributed by atoms with Crippen LogP contribution in [0.1, 0.15) is 55.1 Å². The van der Waals surface area contributed by atoms with Crippen molar-refractivity contribution in [3.8, 4) is 0 Å². The van der Waals surface area contributed by atoms with E-state index in [1.165, 1.54) is 45.5 Å². The van der Waals surface area contributed by atoms with Gasteiger partial charge in [0.1, 0.15) is 0 Å². The molecule has 0 spiro atoms. The average molecular weight is 265 g/mol. The molecular formula is C15H23NO3. The first-order valence-corrected chi connectivity index (χ1v) is 7.10. The van der Waals surface area contributed by atoms with Crippen molar-refractivity contribution in [2.75, 3.05) is 7.11 Å². The van der Waals surface area contributed by atoms with Gasteiger partial charge in [0.2, 0.25) is 5.76 Å². The Morgan fingerprint density at radius 3 is 2.89 bits per heavy atom. The Bertz CT molecular complexity index is 407. The molecule has 106 valence electrons. The van der Waals surface area contributed by atoms with Gasteiger partial charge in [-0.25, -0.2) is 4.79 Å². The van der Waals surface area contributed by atoms with Gasteiger partial charge in [0.25, 0.3) is 0 Å². The summed E-state index contributed by atoms with van der Waals surface area (Å²) in [4.78, 5) is 11.5. The molecule has 0 aromatic carbocycles. The first-order valence-electron chi connectivity index (χ1n) is 7.10. The largest absolute Gasteiger partial charge is 0.463 e. The predicted molar refractivity (Wildman–Crippen MR) is 72.9 cm³/mol. The van der Waals surface area contributed by atoms with E-state index in [2.05, 4.69) is 12.2 Å². The van der Waals surface area contributed by atoms with Gasteiger partial charge in [-0.1, -0.05) is 19.3 Å². The van der Waals surface area contributed by atoms with Crippen LogP contribution in [0.3, 0.4) is 0 Å². The smallest absolute Gasteiger partial charge is 0.374 e. The Kier molecular flexibility index (Phi) is 5.02. The van der Waals surface area contributed by atoms with E-state index in [9.17, 15) is 4.79 Å². The second-order valence-corrected chi connectivity index (χ2v) is 5.33. The van der Waals surface area contributed by atoms with Crippen LogP contribution in [-0.4, -0.2) is 19.1 Å². The number of esters is 1. The number of rotatable bonds is 5. The van der Waals surface area contributed by atoms with Crippen LogP contribution >= 0.6 is 0 Å². The van der Waals surface area contributed by atoms with Gasteiger partial charge < -0.3 is 14.5 Å². The van der Waals surface area contributed by atoms with Gasteiger partial charge in [-0.05, 0) is 31.7 Å². The lowest BCUT2D eigenvalue weighted by molar-refractivity contribution is 0.0563. The second-order valence-electron chi connectivity index (χ2n) is 5.33.